The summed E-state index contributed by atoms with van der Waals surface area (Å²) in [5.41, 5.74) is 0.353. The summed E-state index contributed by atoms with van der Waals surface area (Å²) >= 11 is 0. The van der Waals surface area contributed by atoms with Gasteiger partial charge in [0.15, 0.2) is 0 Å². The van der Waals surface area contributed by atoms with Gasteiger partial charge in [0.2, 0.25) is 0 Å². The molecule has 0 aliphatic carbocycles. The monoisotopic (exact) mass is 163 g/mol. The molecule has 0 unspecified atom stereocenters. The number of nitrogens with two attached hydrogens (primary N) is 1. The molecule has 0 radical (unpaired) electrons. The molecule has 0 saturated heterocycles. The van der Waals surface area contributed by atoms with Gasteiger partial charge in [-0.2, -0.15) is 10.4 Å². The third-order valence-corrected chi connectivity index (χ3v) is 1.38. The van der Waals surface area contributed by atoms with Crippen LogP contribution in [0.15, 0.2) is 23.3 Å². The van der Waals surface area contributed by atoms with Crippen LogP contribution in [-0.4, -0.2) is 6.21 Å². The first-order chi connectivity index (χ1) is 5.79. The number of hydrogen-bond donors (Lipinski definition) is 1. The van der Waals surface area contributed by atoms with Gasteiger partial charge in [0.25, 0.3) is 0 Å². The van der Waals surface area contributed by atoms with Crippen LogP contribution in [0, 0.1) is 17.1 Å². The lowest BCUT2D eigenvalue weighted by Crippen LogP contribution is -1.95. The van der Waals surface area contributed by atoms with Crippen LogP contribution in [0.1, 0.15) is 11.1 Å². The number of hydrogen-bond acceptors (Lipinski definition) is 3. The summed E-state index contributed by atoms with van der Waals surface area (Å²) in [5, 5.41) is 11.7. The molecule has 0 aliphatic heterocycles. The molecule has 0 aliphatic rings. The summed E-state index contributed by atoms with van der Waals surface area (Å²) in [4.78, 5) is 0. The number of halogens is 1. The fourth-order valence-corrected chi connectivity index (χ4v) is 0.840. The van der Waals surface area contributed by atoms with E-state index in [-0.39, 0.29) is 11.1 Å². The van der Waals surface area contributed by atoms with Gasteiger partial charge in [0.05, 0.1) is 17.8 Å². The lowest BCUT2D eigenvalue weighted by Gasteiger charge is -1.96. The normalized spacial score (nSPS) is 10.0. The average Bonchev–Trinajstić information content (AvgIpc) is 2.09. The maximum Gasteiger partial charge on any atom is 0.133 e. The number of benzene rings is 1. The molecule has 2 N–H and O–H groups in total. The van der Waals surface area contributed by atoms with Crippen LogP contribution in [0.3, 0.4) is 0 Å². The van der Waals surface area contributed by atoms with Crippen LogP contribution >= 0.6 is 0 Å². The van der Waals surface area contributed by atoms with E-state index >= 15 is 0 Å². The van der Waals surface area contributed by atoms with E-state index < -0.39 is 5.82 Å². The standard InChI is InChI=1S/C8H6FN3/c9-8-3-1-2-6(4-10)7(8)5-12-11/h1-3,5H,11H2. The fourth-order valence-electron chi connectivity index (χ4n) is 0.840. The molecule has 0 amide bonds. The first-order valence-electron chi connectivity index (χ1n) is 3.21. The summed E-state index contributed by atoms with van der Waals surface area (Å²) < 4.78 is 12.9. The van der Waals surface area contributed by atoms with Gasteiger partial charge in [-0.3, -0.25) is 0 Å². The lowest BCUT2D eigenvalue weighted by atomic mass is 10.1. The molecule has 12 heavy (non-hydrogen) atoms. The summed E-state index contributed by atoms with van der Waals surface area (Å²) in [6.45, 7) is 0. The lowest BCUT2D eigenvalue weighted by molar-refractivity contribution is 0.625. The fraction of sp³-hybridized carbons (Fsp3) is 0. The van der Waals surface area contributed by atoms with Crippen LogP contribution in [0.5, 0.6) is 0 Å². The number of hydrazone groups is 1. The van der Waals surface area contributed by atoms with E-state index in [1.165, 1.54) is 18.2 Å². The first kappa shape index (κ1) is 8.21. The highest BCUT2D eigenvalue weighted by Gasteiger charge is 2.04. The molecule has 0 heterocycles. The Hall–Kier alpha value is -1.89. The van der Waals surface area contributed by atoms with Gasteiger partial charge in [-0.25, -0.2) is 4.39 Å². The van der Waals surface area contributed by atoms with E-state index in [9.17, 15) is 4.39 Å². The predicted molar refractivity (Wildman–Crippen MR) is 42.9 cm³/mol. The summed E-state index contributed by atoms with van der Waals surface area (Å²) in [6, 6.07) is 6.04. The van der Waals surface area contributed by atoms with Gasteiger partial charge < -0.3 is 5.84 Å². The molecule has 0 bridgehead atoms. The summed E-state index contributed by atoms with van der Waals surface area (Å²) in [5.74, 6) is 4.35. The van der Waals surface area contributed by atoms with Crippen LogP contribution in [0.2, 0.25) is 0 Å². The molecule has 60 valence electrons. The molecular weight excluding hydrogens is 157 g/mol. The Labute approximate surface area is 68.9 Å². The van der Waals surface area contributed by atoms with Crippen molar-refractivity contribution >= 4 is 6.21 Å². The van der Waals surface area contributed by atoms with Crippen molar-refractivity contribution in [3.8, 4) is 6.07 Å². The predicted octanol–water partition coefficient (Wildman–Crippen LogP) is 0.990. The summed E-state index contributed by atoms with van der Waals surface area (Å²) in [6.07, 6.45) is 1.12. The molecular formula is C8H6FN3. The molecule has 4 heteroatoms. The molecule has 0 aromatic heterocycles. The first-order valence-corrected chi connectivity index (χ1v) is 3.21. The molecule has 0 saturated carbocycles. The van der Waals surface area contributed by atoms with Gasteiger partial charge in [-0.05, 0) is 12.1 Å². The zero-order valence-corrected chi connectivity index (χ0v) is 6.16. The summed E-state index contributed by atoms with van der Waals surface area (Å²) in [7, 11) is 0. The largest absolute Gasteiger partial charge is 0.323 e. The van der Waals surface area contributed by atoms with E-state index in [2.05, 4.69) is 5.10 Å². The van der Waals surface area contributed by atoms with Crippen molar-refractivity contribution < 1.29 is 4.39 Å². The second-order valence-corrected chi connectivity index (χ2v) is 2.09. The van der Waals surface area contributed by atoms with E-state index in [1.54, 1.807) is 0 Å². The van der Waals surface area contributed by atoms with Crippen LogP contribution in [0.25, 0.3) is 0 Å². The van der Waals surface area contributed by atoms with Crippen LogP contribution < -0.4 is 5.84 Å². The molecule has 3 nitrogen and oxygen atoms in total. The maximum atomic E-state index is 12.9. The topological polar surface area (TPSA) is 62.2 Å². The highest BCUT2D eigenvalue weighted by molar-refractivity contribution is 5.83. The third-order valence-electron chi connectivity index (χ3n) is 1.38. The SMILES string of the molecule is N#Cc1cccc(F)c1C=NN. The highest BCUT2D eigenvalue weighted by atomic mass is 19.1. The Morgan fingerprint density at radius 3 is 2.92 bits per heavy atom. The number of rotatable bonds is 1. The molecule has 1 aromatic carbocycles. The van der Waals surface area contributed by atoms with E-state index in [1.807, 2.05) is 6.07 Å². The maximum absolute atomic E-state index is 12.9. The Kier molecular flexibility index (Phi) is 2.38. The van der Waals surface area contributed by atoms with Crippen molar-refractivity contribution in [3.63, 3.8) is 0 Å². The van der Waals surface area contributed by atoms with Crippen molar-refractivity contribution in [3.05, 3.63) is 35.1 Å². The second-order valence-electron chi connectivity index (χ2n) is 2.09. The molecule has 1 aromatic rings. The van der Waals surface area contributed by atoms with Crippen molar-refractivity contribution in [1.29, 1.82) is 5.26 Å². The van der Waals surface area contributed by atoms with Gasteiger partial charge in [0, 0.05) is 5.56 Å². The Bertz CT molecular complexity index is 352. The Morgan fingerprint density at radius 2 is 2.33 bits per heavy atom. The quantitative estimate of drug-likeness (QED) is 0.381. The third kappa shape index (κ3) is 1.40. The van der Waals surface area contributed by atoms with Crippen LogP contribution in [-0.2, 0) is 0 Å². The smallest absolute Gasteiger partial charge is 0.133 e. The minimum absolute atomic E-state index is 0.127. The van der Waals surface area contributed by atoms with E-state index in [0.29, 0.717) is 0 Å². The van der Waals surface area contributed by atoms with Crippen LogP contribution in [0.4, 0.5) is 4.39 Å². The Balaban J connectivity index is 3.32. The highest BCUT2D eigenvalue weighted by Crippen LogP contribution is 2.09. The molecule has 0 atom stereocenters. The zero-order chi connectivity index (χ0) is 8.97. The van der Waals surface area contributed by atoms with E-state index in [0.717, 1.165) is 6.21 Å². The number of nitrogens with zero attached hydrogens (tertiary/aromatic N) is 2. The minimum atomic E-state index is -0.497. The Morgan fingerprint density at radius 1 is 1.58 bits per heavy atom. The second kappa shape index (κ2) is 3.49. The minimum Gasteiger partial charge on any atom is -0.323 e. The van der Waals surface area contributed by atoms with Gasteiger partial charge in [-0.1, -0.05) is 6.07 Å². The van der Waals surface area contributed by atoms with Crippen molar-refractivity contribution in [1.82, 2.24) is 0 Å². The number of nitriles is 1. The van der Waals surface area contributed by atoms with Gasteiger partial charge >= 0.3 is 0 Å². The zero-order valence-electron chi connectivity index (χ0n) is 6.16. The van der Waals surface area contributed by atoms with E-state index in [4.69, 9.17) is 11.1 Å². The average molecular weight is 163 g/mol. The van der Waals surface area contributed by atoms with Crippen molar-refractivity contribution in [2.45, 2.75) is 0 Å². The van der Waals surface area contributed by atoms with Crippen molar-refractivity contribution in [2.24, 2.45) is 10.9 Å². The van der Waals surface area contributed by atoms with Gasteiger partial charge in [0.1, 0.15) is 5.82 Å². The molecule has 0 fully saturated rings. The molecule has 1 rings (SSSR count). The van der Waals surface area contributed by atoms with Crippen molar-refractivity contribution in [2.75, 3.05) is 0 Å². The van der Waals surface area contributed by atoms with Gasteiger partial charge in [-0.15, -0.1) is 0 Å². The molecule has 0 spiro atoms.